The highest BCUT2D eigenvalue weighted by atomic mass is 31.1. The lowest BCUT2D eigenvalue weighted by atomic mass is 10.1. The summed E-state index contributed by atoms with van der Waals surface area (Å²) in [7, 11) is -2.22. The molecule has 224 valence electrons. The van der Waals surface area contributed by atoms with E-state index in [9.17, 15) is 0 Å². The van der Waals surface area contributed by atoms with E-state index in [4.69, 9.17) is 0 Å². The molecule has 0 aromatic heterocycles. The minimum atomic E-state index is -0.739. The number of anilines is 3. The van der Waals surface area contributed by atoms with Crippen LogP contribution >= 0.6 is 23.8 Å². The van der Waals surface area contributed by atoms with Gasteiger partial charge in [-0.1, -0.05) is 112 Å². The van der Waals surface area contributed by atoms with Gasteiger partial charge in [-0.05, 0) is 112 Å². The Labute approximate surface area is 276 Å². The Balaban J connectivity index is 1.48. The molecule has 3 aliphatic rings. The van der Waals surface area contributed by atoms with Gasteiger partial charge in [0.15, 0.2) is 0 Å². The van der Waals surface area contributed by atoms with Crippen molar-refractivity contribution in [2.75, 3.05) is 4.90 Å². The Hall–Kier alpha value is -3.59. The molecular weight excluding hydrogens is 611 g/mol. The van der Waals surface area contributed by atoms with E-state index in [1.807, 2.05) is 0 Å². The average Bonchev–Trinajstić information content (AvgIpc) is 3.12. The molecule has 46 heavy (non-hydrogen) atoms. The SMILES string of the molecule is CCc1cc2c3c(c1)P(c1ccccc1)c1cc(CC)cc4c1N3c1c(cc(CC)cc1P4c1ccccc1)P2c1ccccc1. The molecule has 0 N–H and O–H groups in total. The van der Waals surface area contributed by atoms with Crippen LogP contribution in [0, 0.1) is 0 Å². The van der Waals surface area contributed by atoms with E-state index in [0.29, 0.717) is 0 Å². The van der Waals surface area contributed by atoms with Gasteiger partial charge in [0.1, 0.15) is 0 Å². The number of aryl methyl sites for hydroxylation is 3. The smallest absolute Gasteiger partial charge is 0.0629 e. The van der Waals surface area contributed by atoms with E-state index in [2.05, 4.69) is 153 Å². The van der Waals surface area contributed by atoms with Crippen molar-refractivity contribution in [3.63, 3.8) is 0 Å². The van der Waals surface area contributed by atoms with Crippen molar-refractivity contribution in [3.8, 4) is 0 Å². The third kappa shape index (κ3) is 4.19. The van der Waals surface area contributed by atoms with Gasteiger partial charge in [0.05, 0.1) is 17.1 Å². The Bertz CT molecular complexity index is 1800. The Morgan fingerprint density at radius 2 is 0.609 bits per heavy atom. The number of hydrogen-bond acceptors (Lipinski definition) is 1. The zero-order valence-electron chi connectivity index (χ0n) is 26.5. The molecule has 0 amide bonds. The van der Waals surface area contributed by atoms with Crippen LogP contribution < -0.4 is 52.6 Å². The lowest BCUT2D eigenvalue weighted by molar-refractivity contribution is 1.13. The second-order valence-corrected chi connectivity index (χ2v) is 18.8. The van der Waals surface area contributed by atoms with Gasteiger partial charge in [-0.25, -0.2) is 0 Å². The van der Waals surface area contributed by atoms with Crippen LogP contribution in [0.25, 0.3) is 0 Å². The zero-order valence-corrected chi connectivity index (χ0v) is 29.2. The molecule has 3 heterocycles. The first-order valence-corrected chi connectivity index (χ1v) is 20.6. The predicted molar refractivity (Wildman–Crippen MR) is 206 cm³/mol. The number of benzene rings is 6. The topological polar surface area (TPSA) is 3.24 Å². The molecule has 0 spiro atoms. The highest BCUT2D eigenvalue weighted by Crippen LogP contribution is 2.59. The largest absolute Gasteiger partial charge is 0.306 e. The molecule has 0 aliphatic carbocycles. The Morgan fingerprint density at radius 1 is 0.370 bits per heavy atom. The van der Waals surface area contributed by atoms with Crippen molar-refractivity contribution in [1.82, 2.24) is 0 Å². The maximum absolute atomic E-state index is 2.77. The van der Waals surface area contributed by atoms with Crippen molar-refractivity contribution in [2.45, 2.75) is 40.0 Å². The molecule has 0 saturated carbocycles. The summed E-state index contributed by atoms with van der Waals surface area (Å²) in [5, 5.41) is 13.6. The zero-order chi connectivity index (χ0) is 30.9. The third-order valence-electron chi connectivity index (χ3n) is 9.77. The first-order chi connectivity index (χ1) is 22.7. The third-order valence-corrected chi connectivity index (χ3v) is 17.2. The summed E-state index contributed by atoms with van der Waals surface area (Å²) in [5.74, 6) is 0. The summed E-state index contributed by atoms with van der Waals surface area (Å²) >= 11 is 0. The van der Waals surface area contributed by atoms with Crippen molar-refractivity contribution in [1.29, 1.82) is 0 Å². The highest BCUT2D eigenvalue weighted by molar-refractivity contribution is 7.84. The molecule has 0 unspecified atom stereocenters. The van der Waals surface area contributed by atoms with Crippen LogP contribution in [0.3, 0.4) is 0 Å². The molecule has 0 fully saturated rings. The summed E-state index contributed by atoms with van der Waals surface area (Å²) in [6.45, 7) is 6.98. The molecule has 0 atom stereocenters. The molecule has 4 heteroatoms. The fourth-order valence-corrected chi connectivity index (χ4v) is 16.1. The van der Waals surface area contributed by atoms with Gasteiger partial charge < -0.3 is 4.90 Å². The van der Waals surface area contributed by atoms with Crippen LogP contribution in [0.15, 0.2) is 127 Å². The fourth-order valence-electron chi connectivity index (χ4n) is 7.60. The quantitative estimate of drug-likeness (QED) is 0.175. The summed E-state index contributed by atoms with van der Waals surface area (Å²) < 4.78 is 0. The minimum absolute atomic E-state index is 0.739. The van der Waals surface area contributed by atoms with E-state index in [1.54, 1.807) is 0 Å². The van der Waals surface area contributed by atoms with Gasteiger partial charge in [0.2, 0.25) is 0 Å². The normalized spacial score (nSPS) is 18.3. The van der Waals surface area contributed by atoms with E-state index in [-0.39, 0.29) is 0 Å². The summed E-state index contributed by atoms with van der Waals surface area (Å²) in [4.78, 5) is 2.77. The fraction of sp³-hybridized carbons (Fsp3) is 0.143. The van der Waals surface area contributed by atoms with Crippen LogP contribution in [0.2, 0.25) is 0 Å². The number of hydrogen-bond donors (Lipinski definition) is 0. The first-order valence-electron chi connectivity index (χ1n) is 16.6. The van der Waals surface area contributed by atoms with E-state index >= 15 is 0 Å². The summed E-state index contributed by atoms with van der Waals surface area (Å²) in [6, 6.07) is 49.7. The number of rotatable bonds is 6. The maximum atomic E-state index is 2.77. The van der Waals surface area contributed by atoms with Crippen molar-refractivity contribution in [2.24, 2.45) is 0 Å². The molecule has 3 aliphatic heterocycles. The lowest BCUT2D eigenvalue weighted by Gasteiger charge is -2.50. The van der Waals surface area contributed by atoms with Crippen molar-refractivity contribution in [3.05, 3.63) is 144 Å². The number of nitrogens with zero attached hydrogens (tertiary/aromatic N) is 1. The predicted octanol–water partition coefficient (Wildman–Crippen LogP) is 7.06. The molecular formula is C42H36NP3. The first kappa shape index (κ1) is 28.6. The second-order valence-electron chi connectivity index (χ2n) is 12.4. The van der Waals surface area contributed by atoms with Gasteiger partial charge in [-0.2, -0.15) is 0 Å². The van der Waals surface area contributed by atoms with E-state index in [0.717, 1.165) is 19.3 Å². The maximum Gasteiger partial charge on any atom is 0.0629 e. The second kappa shape index (κ2) is 11.3. The molecule has 9 rings (SSSR count). The summed E-state index contributed by atoms with van der Waals surface area (Å²) in [5.41, 5.74) is 8.78. The molecule has 0 bridgehead atoms. The van der Waals surface area contributed by atoms with Gasteiger partial charge >= 0.3 is 0 Å². The van der Waals surface area contributed by atoms with Gasteiger partial charge in [-0.3, -0.25) is 0 Å². The van der Waals surface area contributed by atoms with E-state index in [1.165, 1.54) is 81.5 Å². The Morgan fingerprint density at radius 3 is 0.826 bits per heavy atom. The molecule has 1 nitrogen and oxygen atoms in total. The van der Waals surface area contributed by atoms with Crippen molar-refractivity contribution < 1.29 is 0 Å². The monoisotopic (exact) mass is 647 g/mol. The molecule has 0 saturated heterocycles. The highest BCUT2D eigenvalue weighted by Gasteiger charge is 2.47. The molecule has 6 aromatic carbocycles. The van der Waals surface area contributed by atoms with Crippen LogP contribution in [-0.4, -0.2) is 0 Å². The van der Waals surface area contributed by atoms with Gasteiger partial charge in [-0.15, -0.1) is 0 Å². The average molecular weight is 648 g/mol. The van der Waals surface area contributed by atoms with Crippen LogP contribution in [-0.2, 0) is 19.3 Å². The van der Waals surface area contributed by atoms with Crippen LogP contribution in [0.4, 0.5) is 17.1 Å². The lowest BCUT2D eigenvalue weighted by Crippen LogP contribution is -2.50. The molecule has 0 radical (unpaired) electrons. The molecule has 6 aromatic rings. The van der Waals surface area contributed by atoms with Crippen molar-refractivity contribution >= 4 is 88.6 Å². The minimum Gasteiger partial charge on any atom is -0.306 e. The van der Waals surface area contributed by atoms with Crippen LogP contribution in [0.1, 0.15) is 37.5 Å². The van der Waals surface area contributed by atoms with Gasteiger partial charge in [0, 0.05) is 31.8 Å². The van der Waals surface area contributed by atoms with E-state index < -0.39 is 23.8 Å². The Kier molecular flexibility index (Phi) is 7.02. The van der Waals surface area contributed by atoms with Crippen LogP contribution in [0.5, 0.6) is 0 Å². The summed E-state index contributed by atoms with van der Waals surface area (Å²) in [6.07, 6.45) is 3.11. The standard InChI is InChI=1S/C42H36NP3/c1-4-28-22-34-40-35(23-28)45(32-18-12-8-13-19-32)37-25-30(6-3)27-39-42(37)43(40)41-36(44(34)31-16-10-7-11-17-31)24-29(5-2)26-38(41)46(39)33-20-14-9-15-21-33/h7-27H,4-6H2,1-3H3. The van der Waals surface area contributed by atoms with Gasteiger partial charge in [0.25, 0.3) is 0 Å².